The standard InChI is InChI=1S/C35H31Cl2N5O5/c1-5-6-31(43)40-25-12-22(28(44-2)14-27(25)42-20-7-8-21(42)18-47-17-20)24-13-26-19(16-39-24)11-23(35-38-9-10-41(26)35)32-33(36)29(45-3)15-30(46-4)34(32)37/h9-16,20-21H,7-8,17-18H2,1-4H3,(H,40,43). The predicted octanol–water partition coefficient (Wildman–Crippen LogP) is 6.88. The third-order valence-corrected chi connectivity index (χ3v) is 9.55. The number of amides is 1. The van der Waals surface area contributed by atoms with E-state index in [1.807, 2.05) is 34.9 Å². The van der Waals surface area contributed by atoms with Crippen LogP contribution >= 0.6 is 23.2 Å². The lowest BCUT2D eigenvalue weighted by molar-refractivity contribution is -0.111. The number of pyridine rings is 2. The lowest BCUT2D eigenvalue weighted by Crippen LogP contribution is -2.46. The molecule has 5 aromatic rings. The number of hydrogen-bond acceptors (Lipinski definition) is 8. The Morgan fingerprint density at radius 1 is 0.936 bits per heavy atom. The molecule has 2 aliphatic heterocycles. The topological polar surface area (TPSA) is 99.5 Å². The van der Waals surface area contributed by atoms with Crippen LogP contribution in [0.25, 0.3) is 38.9 Å². The number of aromatic nitrogens is 3. The zero-order chi connectivity index (χ0) is 32.8. The highest BCUT2D eigenvalue weighted by Crippen LogP contribution is 2.48. The Balaban J connectivity index is 1.40. The van der Waals surface area contributed by atoms with Gasteiger partial charge >= 0.3 is 0 Å². The summed E-state index contributed by atoms with van der Waals surface area (Å²) in [4.78, 5) is 24.7. The second-order valence-electron chi connectivity index (χ2n) is 11.3. The first-order chi connectivity index (χ1) is 22.9. The van der Waals surface area contributed by atoms with E-state index in [2.05, 4.69) is 27.0 Å². The Bertz CT molecular complexity index is 2080. The van der Waals surface area contributed by atoms with Gasteiger partial charge in [-0.2, -0.15) is 0 Å². The van der Waals surface area contributed by atoms with Gasteiger partial charge in [0.05, 0.1) is 79.3 Å². The van der Waals surface area contributed by atoms with Crippen molar-refractivity contribution < 1.29 is 23.7 Å². The van der Waals surface area contributed by atoms with Crippen molar-refractivity contribution in [2.75, 3.05) is 44.8 Å². The van der Waals surface area contributed by atoms with Gasteiger partial charge in [0, 0.05) is 52.8 Å². The molecule has 47 heavy (non-hydrogen) atoms. The molecule has 3 aromatic heterocycles. The van der Waals surface area contributed by atoms with Crippen molar-refractivity contribution in [2.24, 2.45) is 0 Å². The van der Waals surface area contributed by atoms with Crippen LogP contribution in [0.4, 0.5) is 11.4 Å². The van der Waals surface area contributed by atoms with E-state index in [1.54, 1.807) is 32.5 Å². The van der Waals surface area contributed by atoms with Gasteiger partial charge in [0.15, 0.2) is 0 Å². The van der Waals surface area contributed by atoms with Gasteiger partial charge in [-0.05, 0) is 43.9 Å². The summed E-state index contributed by atoms with van der Waals surface area (Å²) in [5.74, 6) is 6.36. The molecule has 2 saturated heterocycles. The molecule has 12 heteroatoms. The molecule has 1 amide bonds. The van der Waals surface area contributed by atoms with Crippen LogP contribution < -0.4 is 24.4 Å². The zero-order valence-electron chi connectivity index (χ0n) is 26.2. The highest BCUT2D eigenvalue weighted by Gasteiger charge is 2.39. The molecule has 0 saturated carbocycles. The monoisotopic (exact) mass is 671 g/mol. The van der Waals surface area contributed by atoms with Crippen LogP contribution in [-0.4, -0.2) is 66.9 Å². The van der Waals surface area contributed by atoms with E-state index in [4.69, 9.17) is 47.1 Å². The molecule has 2 bridgehead atoms. The predicted molar refractivity (Wildman–Crippen MR) is 183 cm³/mol. The average Bonchev–Trinajstić information content (AvgIpc) is 3.66. The third kappa shape index (κ3) is 5.25. The number of rotatable bonds is 7. The summed E-state index contributed by atoms with van der Waals surface area (Å²) in [6.45, 7) is 2.91. The van der Waals surface area contributed by atoms with Crippen LogP contribution in [-0.2, 0) is 9.53 Å². The number of fused-ring (bicyclic) bond motifs is 5. The molecule has 5 heterocycles. The first kappa shape index (κ1) is 30.9. The van der Waals surface area contributed by atoms with Gasteiger partial charge in [-0.25, -0.2) is 4.98 Å². The number of anilines is 2. The Kier molecular flexibility index (Phi) is 8.22. The molecular formula is C35H31Cl2N5O5. The summed E-state index contributed by atoms with van der Waals surface area (Å²) in [5, 5.41) is 4.51. The van der Waals surface area contributed by atoms with Gasteiger partial charge in [0.1, 0.15) is 22.9 Å². The van der Waals surface area contributed by atoms with Gasteiger partial charge in [0.2, 0.25) is 0 Å². The second kappa shape index (κ2) is 12.5. The molecule has 0 radical (unpaired) electrons. The van der Waals surface area contributed by atoms with E-state index >= 15 is 0 Å². The maximum Gasteiger partial charge on any atom is 0.300 e. The SMILES string of the molecule is CC#CC(=O)Nc1cc(-c2cc3c(cn2)cc(-c2c(Cl)c(OC)cc(OC)c2Cl)c2nccn23)c(OC)cc1N1C2CCC1COC2. The molecule has 2 aliphatic rings. The number of hydrogen-bond donors (Lipinski definition) is 1. The van der Waals surface area contributed by atoms with E-state index in [0.29, 0.717) is 74.2 Å². The number of imidazole rings is 1. The van der Waals surface area contributed by atoms with E-state index in [1.165, 1.54) is 14.2 Å². The van der Waals surface area contributed by atoms with Crippen LogP contribution in [0.3, 0.4) is 0 Å². The number of nitrogens with one attached hydrogen (secondary N) is 1. The molecule has 2 aromatic carbocycles. The van der Waals surface area contributed by atoms with E-state index in [9.17, 15) is 4.79 Å². The molecule has 7 rings (SSSR count). The summed E-state index contributed by atoms with van der Waals surface area (Å²) in [5.41, 5.74) is 5.55. The van der Waals surface area contributed by atoms with Gasteiger partial charge in [-0.1, -0.05) is 29.1 Å². The number of ether oxygens (including phenoxy) is 4. The second-order valence-corrected chi connectivity index (χ2v) is 12.1. The van der Waals surface area contributed by atoms with E-state index in [-0.39, 0.29) is 12.1 Å². The maximum absolute atomic E-state index is 12.8. The van der Waals surface area contributed by atoms with Crippen LogP contribution in [0.15, 0.2) is 48.9 Å². The van der Waals surface area contributed by atoms with Crippen molar-refractivity contribution in [1.82, 2.24) is 14.4 Å². The largest absolute Gasteiger partial charge is 0.496 e. The number of carbonyl (C=O) groups excluding carboxylic acids is 1. The fraction of sp³-hybridized carbons (Fsp3) is 0.286. The van der Waals surface area contributed by atoms with E-state index in [0.717, 1.165) is 29.4 Å². The molecule has 0 aliphatic carbocycles. The number of halogens is 2. The Labute approximate surface area is 281 Å². The summed E-state index contributed by atoms with van der Waals surface area (Å²) in [6.07, 6.45) is 7.40. The minimum atomic E-state index is -0.393. The van der Waals surface area contributed by atoms with Crippen molar-refractivity contribution in [3.63, 3.8) is 0 Å². The number of carbonyl (C=O) groups is 1. The number of benzene rings is 2. The lowest BCUT2D eigenvalue weighted by Gasteiger charge is -2.38. The molecule has 10 nitrogen and oxygen atoms in total. The zero-order valence-corrected chi connectivity index (χ0v) is 27.7. The third-order valence-electron chi connectivity index (χ3n) is 8.79. The normalized spacial score (nSPS) is 17.0. The molecule has 240 valence electrons. The van der Waals surface area contributed by atoms with Crippen molar-refractivity contribution in [1.29, 1.82) is 0 Å². The first-order valence-corrected chi connectivity index (χ1v) is 15.8. The highest BCUT2D eigenvalue weighted by atomic mass is 35.5. The van der Waals surface area contributed by atoms with Crippen LogP contribution in [0.2, 0.25) is 10.0 Å². The number of methoxy groups -OCH3 is 3. The highest BCUT2D eigenvalue weighted by molar-refractivity contribution is 6.41. The van der Waals surface area contributed by atoms with Crippen LogP contribution in [0.1, 0.15) is 19.8 Å². The molecule has 2 fully saturated rings. The van der Waals surface area contributed by atoms with Gasteiger partial charge < -0.3 is 29.2 Å². The quantitative estimate of drug-likeness (QED) is 0.187. The van der Waals surface area contributed by atoms with Crippen LogP contribution in [0, 0.1) is 11.8 Å². The summed E-state index contributed by atoms with van der Waals surface area (Å²) >= 11 is 13.6. The lowest BCUT2D eigenvalue weighted by atomic mass is 10.0. The molecular weight excluding hydrogens is 641 g/mol. The average molecular weight is 673 g/mol. The van der Waals surface area contributed by atoms with Gasteiger partial charge in [0.25, 0.3) is 5.91 Å². The smallest absolute Gasteiger partial charge is 0.300 e. The molecule has 2 atom stereocenters. The maximum atomic E-state index is 12.8. The summed E-state index contributed by atoms with van der Waals surface area (Å²) in [6, 6.07) is 9.88. The Morgan fingerprint density at radius 2 is 1.64 bits per heavy atom. The van der Waals surface area contributed by atoms with Crippen molar-refractivity contribution in [2.45, 2.75) is 31.8 Å². The Hall–Kier alpha value is -4.69. The Morgan fingerprint density at radius 3 is 2.30 bits per heavy atom. The molecule has 0 spiro atoms. The van der Waals surface area contributed by atoms with Gasteiger partial charge in [-0.3, -0.25) is 14.2 Å². The number of morpholine rings is 1. The van der Waals surface area contributed by atoms with Gasteiger partial charge in [-0.15, -0.1) is 0 Å². The van der Waals surface area contributed by atoms with Crippen molar-refractivity contribution >= 4 is 57.0 Å². The minimum absolute atomic E-state index is 0.214. The molecule has 2 unspecified atom stereocenters. The fourth-order valence-electron chi connectivity index (χ4n) is 6.69. The first-order valence-electron chi connectivity index (χ1n) is 15.0. The van der Waals surface area contributed by atoms with Crippen LogP contribution in [0.5, 0.6) is 17.2 Å². The summed E-state index contributed by atoms with van der Waals surface area (Å²) in [7, 11) is 4.71. The van der Waals surface area contributed by atoms with Crippen molar-refractivity contribution in [3.8, 4) is 51.5 Å². The molecule has 1 N–H and O–H groups in total. The fourth-order valence-corrected chi connectivity index (χ4v) is 7.39. The summed E-state index contributed by atoms with van der Waals surface area (Å²) < 4.78 is 24.8. The van der Waals surface area contributed by atoms with Crippen molar-refractivity contribution in [3.05, 3.63) is 59.0 Å². The van der Waals surface area contributed by atoms with E-state index < -0.39 is 5.91 Å². The number of nitrogens with zero attached hydrogens (tertiary/aromatic N) is 4. The minimum Gasteiger partial charge on any atom is -0.496 e.